The van der Waals surface area contributed by atoms with Gasteiger partial charge in [-0.15, -0.1) is 5.10 Å². The highest BCUT2D eigenvalue weighted by molar-refractivity contribution is 7.17. The molecular formula is C24H27N5O4S. The monoisotopic (exact) mass is 481 g/mol. The van der Waals surface area contributed by atoms with Crippen LogP contribution in [-0.2, 0) is 6.42 Å². The van der Waals surface area contributed by atoms with Crippen molar-refractivity contribution in [2.24, 2.45) is 0 Å². The fraction of sp³-hybridized carbons (Fsp3) is 0.375. The van der Waals surface area contributed by atoms with Gasteiger partial charge in [0.2, 0.25) is 10.8 Å². The van der Waals surface area contributed by atoms with Crippen LogP contribution in [0.4, 0.5) is 0 Å². The predicted octanol–water partition coefficient (Wildman–Crippen LogP) is 3.60. The number of hydrogen-bond donors (Lipinski definition) is 1. The van der Waals surface area contributed by atoms with Crippen LogP contribution >= 0.6 is 11.3 Å². The van der Waals surface area contributed by atoms with Crippen LogP contribution in [0.15, 0.2) is 47.1 Å². The van der Waals surface area contributed by atoms with Gasteiger partial charge in [0.15, 0.2) is 11.6 Å². The van der Waals surface area contributed by atoms with Crippen LogP contribution in [0.3, 0.4) is 0 Å². The molecule has 4 aromatic rings. The van der Waals surface area contributed by atoms with Gasteiger partial charge in [-0.05, 0) is 36.8 Å². The zero-order valence-corrected chi connectivity index (χ0v) is 20.0. The third-order valence-corrected chi connectivity index (χ3v) is 7.09. The maximum absolute atomic E-state index is 12.7. The van der Waals surface area contributed by atoms with E-state index < -0.39 is 0 Å². The molecule has 9 nitrogen and oxygen atoms in total. The van der Waals surface area contributed by atoms with E-state index in [1.54, 1.807) is 17.0 Å². The number of benzene rings is 1. The van der Waals surface area contributed by atoms with Gasteiger partial charge in [-0.25, -0.2) is 4.98 Å². The second-order valence-electron chi connectivity index (χ2n) is 8.08. The van der Waals surface area contributed by atoms with E-state index in [-0.39, 0.29) is 17.8 Å². The Labute approximate surface area is 201 Å². The first-order valence-electron chi connectivity index (χ1n) is 11.5. The first-order chi connectivity index (χ1) is 16.6. The van der Waals surface area contributed by atoms with Crippen LogP contribution in [0.2, 0.25) is 0 Å². The minimum Gasteiger partial charge on any atom is -0.494 e. The summed E-state index contributed by atoms with van der Waals surface area (Å²) in [7, 11) is 0. The highest BCUT2D eigenvalue weighted by Gasteiger charge is 2.33. The number of thiazole rings is 1. The fourth-order valence-corrected chi connectivity index (χ4v) is 5.43. The lowest BCUT2D eigenvalue weighted by atomic mass is 10.0. The SMILES string of the molecule is CCOc1ccc(C(c2sc3nc(CC)nn3c2O)N2CCN(C(=O)c3ccco3)CC2)cc1. The summed E-state index contributed by atoms with van der Waals surface area (Å²) >= 11 is 1.45. The maximum Gasteiger partial charge on any atom is 0.289 e. The molecule has 0 saturated carbocycles. The highest BCUT2D eigenvalue weighted by atomic mass is 32.1. The Morgan fingerprint density at radius 2 is 1.94 bits per heavy atom. The maximum atomic E-state index is 12.7. The average molecular weight is 482 g/mol. The molecule has 1 atom stereocenters. The van der Waals surface area contributed by atoms with Gasteiger partial charge < -0.3 is 19.2 Å². The Hall–Kier alpha value is -3.37. The van der Waals surface area contributed by atoms with Crippen LogP contribution < -0.4 is 4.74 Å². The number of amides is 1. The predicted molar refractivity (Wildman–Crippen MR) is 128 cm³/mol. The molecule has 1 aliphatic rings. The number of rotatable bonds is 7. The van der Waals surface area contributed by atoms with Crippen molar-refractivity contribution >= 4 is 22.2 Å². The zero-order valence-electron chi connectivity index (χ0n) is 19.2. The Kier molecular flexibility index (Phi) is 6.25. The first-order valence-corrected chi connectivity index (χ1v) is 12.3. The van der Waals surface area contributed by atoms with E-state index in [0.29, 0.717) is 55.8 Å². The summed E-state index contributed by atoms with van der Waals surface area (Å²) in [6, 6.07) is 11.2. The molecule has 1 fully saturated rings. The van der Waals surface area contributed by atoms with Crippen molar-refractivity contribution in [3.05, 3.63) is 64.7 Å². The molecule has 0 bridgehead atoms. The summed E-state index contributed by atoms with van der Waals surface area (Å²) in [6.45, 7) is 6.97. The quantitative estimate of drug-likeness (QED) is 0.431. The third kappa shape index (κ3) is 4.14. The number of nitrogens with zero attached hydrogens (tertiary/aromatic N) is 5. The molecule has 5 rings (SSSR count). The van der Waals surface area contributed by atoms with Gasteiger partial charge in [0, 0.05) is 32.6 Å². The van der Waals surface area contributed by atoms with E-state index in [2.05, 4.69) is 15.0 Å². The molecule has 1 aromatic carbocycles. The molecule has 10 heteroatoms. The summed E-state index contributed by atoms with van der Waals surface area (Å²) in [5, 5.41) is 15.5. The van der Waals surface area contributed by atoms with Crippen LogP contribution in [-0.4, -0.2) is 68.2 Å². The molecule has 3 aromatic heterocycles. The largest absolute Gasteiger partial charge is 0.494 e. The molecule has 1 saturated heterocycles. The lowest BCUT2D eigenvalue weighted by molar-refractivity contribution is 0.0568. The van der Waals surface area contributed by atoms with Crippen molar-refractivity contribution in [2.45, 2.75) is 26.3 Å². The van der Waals surface area contributed by atoms with Crippen LogP contribution in [0, 0.1) is 0 Å². The summed E-state index contributed by atoms with van der Waals surface area (Å²) < 4.78 is 12.4. The number of aromatic nitrogens is 3. The molecule has 1 N–H and O–H groups in total. The molecule has 0 radical (unpaired) electrons. The lowest BCUT2D eigenvalue weighted by Crippen LogP contribution is -2.49. The molecular weight excluding hydrogens is 454 g/mol. The second kappa shape index (κ2) is 9.47. The second-order valence-corrected chi connectivity index (χ2v) is 9.09. The van der Waals surface area contributed by atoms with E-state index in [1.165, 1.54) is 22.1 Å². The average Bonchev–Trinajstić information content (AvgIpc) is 3.60. The van der Waals surface area contributed by atoms with Gasteiger partial charge in [-0.2, -0.15) is 4.52 Å². The van der Waals surface area contributed by atoms with Gasteiger partial charge in [0.05, 0.1) is 23.8 Å². The number of aromatic hydroxyl groups is 1. The minimum atomic E-state index is -0.199. The topological polar surface area (TPSA) is 96.3 Å². The minimum absolute atomic E-state index is 0.101. The van der Waals surface area contributed by atoms with Gasteiger partial charge >= 0.3 is 0 Å². The van der Waals surface area contributed by atoms with Gasteiger partial charge in [0.25, 0.3) is 5.91 Å². The van der Waals surface area contributed by atoms with Gasteiger partial charge in [0.1, 0.15) is 5.75 Å². The molecule has 4 heterocycles. The number of hydrogen-bond acceptors (Lipinski definition) is 8. The number of aryl methyl sites for hydroxylation is 1. The van der Waals surface area contributed by atoms with Crippen molar-refractivity contribution in [3.63, 3.8) is 0 Å². The van der Waals surface area contributed by atoms with Crippen molar-refractivity contribution in [1.29, 1.82) is 0 Å². The Morgan fingerprint density at radius 3 is 2.56 bits per heavy atom. The van der Waals surface area contributed by atoms with E-state index in [9.17, 15) is 9.90 Å². The van der Waals surface area contributed by atoms with Crippen LogP contribution in [0.1, 0.15) is 46.7 Å². The van der Waals surface area contributed by atoms with Crippen LogP contribution in [0.5, 0.6) is 11.6 Å². The van der Waals surface area contributed by atoms with E-state index >= 15 is 0 Å². The van der Waals surface area contributed by atoms with Crippen LogP contribution in [0.25, 0.3) is 4.96 Å². The van der Waals surface area contributed by atoms with Crippen molar-refractivity contribution in [1.82, 2.24) is 24.4 Å². The van der Waals surface area contributed by atoms with Crippen molar-refractivity contribution in [3.8, 4) is 11.6 Å². The number of fused-ring (bicyclic) bond motifs is 1. The Bertz CT molecular complexity index is 1260. The fourth-order valence-electron chi connectivity index (χ4n) is 4.30. The molecule has 1 unspecified atom stereocenters. The lowest BCUT2D eigenvalue weighted by Gasteiger charge is -2.38. The smallest absolute Gasteiger partial charge is 0.289 e. The molecule has 1 amide bonds. The third-order valence-electron chi connectivity index (χ3n) is 6.01. The number of piperazine rings is 1. The van der Waals surface area contributed by atoms with Crippen molar-refractivity contribution < 1.29 is 19.1 Å². The molecule has 0 aliphatic carbocycles. The molecule has 1 aliphatic heterocycles. The Morgan fingerprint density at radius 1 is 1.18 bits per heavy atom. The first kappa shape index (κ1) is 22.4. The number of furan rings is 1. The standard InChI is InChI=1S/C24H27N5O4S/c1-3-19-25-24-29(26-19)23(31)21(34-24)20(16-7-9-17(10-8-16)32-4-2)27-11-13-28(14-12-27)22(30)18-6-5-15-33-18/h5-10,15,20,31H,3-4,11-14H2,1-2H3. The Balaban J connectivity index is 1.45. The summed E-state index contributed by atoms with van der Waals surface area (Å²) in [5.41, 5.74) is 1.03. The molecule has 178 valence electrons. The molecule has 0 spiro atoms. The van der Waals surface area contributed by atoms with Crippen molar-refractivity contribution in [2.75, 3.05) is 32.8 Å². The number of carbonyl (C=O) groups excluding carboxylic acids is 1. The van der Waals surface area contributed by atoms with E-state index in [0.717, 1.165) is 16.2 Å². The zero-order chi connectivity index (χ0) is 23.7. The van der Waals surface area contributed by atoms with Gasteiger partial charge in [-0.3, -0.25) is 9.69 Å². The highest BCUT2D eigenvalue weighted by Crippen LogP contribution is 2.40. The number of carbonyl (C=O) groups is 1. The normalized spacial score (nSPS) is 15.6. The van der Waals surface area contributed by atoms with E-state index in [4.69, 9.17) is 9.15 Å². The van der Waals surface area contributed by atoms with E-state index in [1.807, 2.05) is 38.1 Å². The number of ether oxygens (including phenoxy) is 1. The molecule has 34 heavy (non-hydrogen) atoms. The van der Waals surface area contributed by atoms with Gasteiger partial charge in [-0.1, -0.05) is 30.4 Å². The summed E-state index contributed by atoms with van der Waals surface area (Å²) in [4.78, 5) is 22.8. The summed E-state index contributed by atoms with van der Waals surface area (Å²) in [5.74, 6) is 1.87. The summed E-state index contributed by atoms with van der Waals surface area (Å²) in [6.07, 6.45) is 2.22.